The molecular formula is C16H18F3NO. The van der Waals surface area contributed by atoms with Crippen LogP contribution in [0.3, 0.4) is 0 Å². The quantitative estimate of drug-likeness (QED) is 0.591. The second-order valence-corrected chi connectivity index (χ2v) is 4.77. The van der Waals surface area contributed by atoms with Crippen molar-refractivity contribution in [2.45, 2.75) is 20.0 Å². The number of hydrogen-bond donors (Lipinski definition) is 0. The summed E-state index contributed by atoms with van der Waals surface area (Å²) >= 11 is 0. The van der Waals surface area contributed by atoms with Gasteiger partial charge >= 0.3 is 6.18 Å². The van der Waals surface area contributed by atoms with E-state index in [2.05, 4.69) is 6.58 Å². The van der Waals surface area contributed by atoms with E-state index in [1.165, 1.54) is 24.3 Å². The minimum absolute atomic E-state index is 0.252. The van der Waals surface area contributed by atoms with Gasteiger partial charge in [0.15, 0.2) is 0 Å². The van der Waals surface area contributed by atoms with E-state index >= 15 is 0 Å². The van der Waals surface area contributed by atoms with E-state index in [0.29, 0.717) is 18.7 Å². The summed E-state index contributed by atoms with van der Waals surface area (Å²) in [6.45, 7) is 8.33. The van der Waals surface area contributed by atoms with Gasteiger partial charge in [0, 0.05) is 19.2 Å². The molecule has 0 aromatic heterocycles. The lowest BCUT2D eigenvalue weighted by Crippen LogP contribution is -2.30. The van der Waals surface area contributed by atoms with Crippen molar-refractivity contribution in [3.05, 3.63) is 53.6 Å². The van der Waals surface area contributed by atoms with Crippen LogP contribution in [0.5, 0.6) is 0 Å². The van der Waals surface area contributed by atoms with Crippen LogP contribution in [0.4, 0.5) is 13.2 Å². The maximum Gasteiger partial charge on any atom is 0.416 e. The van der Waals surface area contributed by atoms with Gasteiger partial charge in [-0.15, -0.1) is 0 Å². The zero-order valence-electron chi connectivity index (χ0n) is 12.1. The van der Waals surface area contributed by atoms with E-state index in [1.54, 1.807) is 4.90 Å². The summed E-state index contributed by atoms with van der Waals surface area (Å²) in [7, 11) is 0. The molecule has 21 heavy (non-hydrogen) atoms. The molecule has 1 amide bonds. The molecule has 2 nitrogen and oxygen atoms in total. The highest BCUT2D eigenvalue weighted by atomic mass is 19.4. The van der Waals surface area contributed by atoms with Gasteiger partial charge in [-0.25, -0.2) is 0 Å². The monoisotopic (exact) mass is 297 g/mol. The maximum absolute atomic E-state index is 12.6. The molecule has 0 radical (unpaired) electrons. The Balaban J connectivity index is 2.85. The van der Waals surface area contributed by atoms with Gasteiger partial charge in [0.1, 0.15) is 0 Å². The number of hydrogen-bond acceptors (Lipinski definition) is 1. The fourth-order valence-electron chi connectivity index (χ4n) is 1.76. The second kappa shape index (κ2) is 7.11. The van der Waals surface area contributed by atoms with Crippen LogP contribution in [-0.4, -0.2) is 23.9 Å². The number of halogens is 3. The average Bonchev–Trinajstić information content (AvgIpc) is 2.41. The van der Waals surface area contributed by atoms with Crippen LogP contribution in [0, 0.1) is 0 Å². The Morgan fingerprint density at radius 1 is 1.38 bits per heavy atom. The molecule has 0 saturated carbocycles. The SMILES string of the molecule is C=C(C)CN(CC)C(=O)/C=C/c1cccc(C(F)(F)F)c1. The van der Waals surface area contributed by atoms with Crippen LogP contribution in [0.25, 0.3) is 6.08 Å². The fraction of sp³-hybridized carbons (Fsp3) is 0.312. The lowest BCUT2D eigenvalue weighted by Gasteiger charge is -2.18. The summed E-state index contributed by atoms with van der Waals surface area (Å²) in [6.07, 6.45) is -1.72. The summed E-state index contributed by atoms with van der Waals surface area (Å²) < 4.78 is 37.8. The molecule has 0 aliphatic carbocycles. The van der Waals surface area contributed by atoms with Crippen molar-refractivity contribution in [1.82, 2.24) is 4.90 Å². The smallest absolute Gasteiger partial charge is 0.335 e. The number of benzene rings is 1. The summed E-state index contributed by atoms with van der Waals surface area (Å²) in [5.74, 6) is -0.252. The molecule has 1 aromatic carbocycles. The van der Waals surface area contributed by atoms with Crippen molar-refractivity contribution < 1.29 is 18.0 Å². The molecule has 0 saturated heterocycles. The lowest BCUT2D eigenvalue weighted by molar-refractivity contribution is -0.137. The van der Waals surface area contributed by atoms with Crippen molar-refractivity contribution in [3.8, 4) is 0 Å². The molecule has 0 N–H and O–H groups in total. The molecule has 0 unspecified atom stereocenters. The molecule has 0 atom stereocenters. The third-order valence-corrected chi connectivity index (χ3v) is 2.79. The normalized spacial score (nSPS) is 11.7. The second-order valence-electron chi connectivity index (χ2n) is 4.77. The molecule has 0 heterocycles. The topological polar surface area (TPSA) is 20.3 Å². The highest BCUT2D eigenvalue weighted by Crippen LogP contribution is 2.29. The van der Waals surface area contributed by atoms with Crippen LogP contribution < -0.4 is 0 Å². The van der Waals surface area contributed by atoms with Gasteiger partial charge < -0.3 is 4.90 Å². The van der Waals surface area contributed by atoms with E-state index in [4.69, 9.17) is 0 Å². The third kappa shape index (κ3) is 5.45. The molecule has 0 fully saturated rings. The zero-order valence-corrected chi connectivity index (χ0v) is 12.1. The molecular weight excluding hydrogens is 279 g/mol. The summed E-state index contributed by atoms with van der Waals surface area (Å²) in [5.41, 5.74) is 0.452. The van der Waals surface area contributed by atoms with Gasteiger partial charge in [-0.3, -0.25) is 4.79 Å². The number of amides is 1. The highest BCUT2D eigenvalue weighted by molar-refractivity contribution is 5.91. The first-order valence-electron chi connectivity index (χ1n) is 6.52. The first kappa shape index (κ1) is 17.0. The first-order chi connectivity index (χ1) is 9.74. The van der Waals surface area contributed by atoms with Crippen LogP contribution in [-0.2, 0) is 11.0 Å². The van der Waals surface area contributed by atoms with Crippen molar-refractivity contribution in [2.24, 2.45) is 0 Å². The van der Waals surface area contributed by atoms with Crippen LogP contribution in [0.15, 0.2) is 42.5 Å². The minimum atomic E-state index is -4.39. The molecule has 0 aliphatic rings. The van der Waals surface area contributed by atoms with Gasteiger partial charge in [-0.05, 0) is 37.6 Å². The Hall–Kier alpha value is -2.04. The summed E-state index contributed by atoms with van der Waals surface area (Å²) in [5, 5.41) is 0. The fourth-order valence-corrected chi connectivity index (χ4v) is 1.76. The van der Waals surface area contributed by atoms with E-state index in [1.807, 2.05) is 13.8 Å². The van der Waals surface area contributed by atoms with E-state index < -0.39 is 11.7 Å². The minimum Gasteiger partial charge on any atom is -0.335 e. The summed E-state index contributed by atoms with van der Waals surface area (Å²) in [6, 6.07) is 4.85. The molecule has 114 valence electrons. The zero-order chi connectivity index (χ0) is 16.0. The number of alkyl halides is 3. The Bertz CT molecular complexity index is 547. The van der Waals surface area contributed by atoms with E-state index in [-0.39, 0.29) is 5.91 Å². The predicted molar refractivity (Wildman–Crippen MR) is 77.5 cm³/mol. The molecule has 1 aromatic rings. The third-order valence-electron chi connectivity index (χ3n) is 2.79. The molecule has 5 heteroatoms. The Morgan fingerprint density at radius 2 is 2.05 bits per heavy atom. The largest absolute Gasteiger partial charge is 0.416 e. The van der Waals surface area contributed by atoms with Crippen molar-refractivity contribution >= 4 is 12.0 Å². The molecule has 0 bridgehead atoms. The van der Waals surface area contributed by atoms with Crippen LogP contribution in [0.2, 0.25) is 0 Å². The van der Waals surface area contributed by atoms with Gasteiger partial charge in [-0.2, -0.15) is 13.2 Å². The van der Waals surface area contributed by atoms with Gasteiger partial charge in [0.05, 0.1) is 5.56 Å². The highest BCUT2D eigenvalue weighted by Gasteiger charge is 2.30. The number of carbonyl (C=O) groups excluding carboxylic acids is 1. The Labute approximate surface area is 122 Å². The van der Waals surface area contributed by atoms with Gasteiger partial charge in [0.25, 0.3) is 0 Å². The Morgan fingerprint density at radius 3 is 2.57 bits per heavy atom. The van der Waals surface area contributed by atoms with E-state index in [9.17, 15) is 18.0 Å². The van der Waals surface area contributed by atoms with Crippen molar-refractivity contribution in [3.63, 3.8) is 0 Å². The number of carbonyl (C=O) groups is 1. The number of nitrogens with zero attached hydrogens (tertiary/aromatic N) is 1. The molecule has 0 spiro atoms. The van der Waals surface area contributed by atoms with Gasteiger partial charge in [-0.1, -0.05) is 24.3 Å². The Kier molecular flexibility index (Phi) is 5.76. The first-order valence-corrected chi connectivity index (χ1v) is 6.52. The van der Waals surface area contributed by atoms with Crippen molar-refractivity contribution in [2.75, 3.05) is 13.1 Å². The lowest BCUT2D eigenvalue weighted by atomic mass is 10.1. The number of likely N-dealkylation sites (N-methyl/N-ethyl adjacent to an activating group) is 1. The van der Waals surface area contributed by atoms with E-state index in [0.717, 1.165) is 17.7 Å². The molecule has 0 aliphatic heterocycles. The average molecular weight is 297 g/mol. The van der Waals surface area contributed by atoms with Gasteiger partial charge in [0.2, 0.25) is 5.91 Å². The summed E-state index contributed by atoms with van der Waals surface area (Å²) in [4.78, 5) is 13.5. The van der Waals surface area contributed by atoms with Crippen molar-refractivity contribution in [1.29, 1.82) is 0 Å². The predicted octanol–water partition coefficient (Wildman–Crippen LogP) is 4.14. The number of rotatable bonds is 5. The maximum atomic E-state index is 12.6. The molecule has 1 rings (SSSR count). The standard InChI is InChI=1S/C16H18F3NO/c1-4-20(11-12(2)3)15(21)9-8-13-6-5-7-14(10-13)16(17,18)19/h5-10H,2,4,11H2,1,3H3/b9-8+. The van der Waals surface area contributed by atoms with Crippen LogP contribution >= 0.6 is 0 Å². The van der Waals surface area contributed by atoms with Crippen LogP contribution in [0.1, 0.15) is 25.0 Å².